The fraction of sp³-hybridized carbons (Fsp3) is 0.267. The number of aromatic amines is 1. The first-order valence-electron chi connectivity index (χ1n) is 7.64. The number of carbonyl (C=O) groups is 1. The number of aromatic nitrogens is 3. The lowest BCUT2D eigenvalue weighted by Crippen LogP contribution is -2.06. The molecule has 0 saturated heterocycles. The van der Waals surface area contributed by atoms with Gasteiger partial charge in [-0.2, -0.15) is 4.98 Å². The molecule has 0 unspecified atom stereocenters. The minimum Gasteiger partial charge on any atom is -0.465 e. The molecule has 0 radical (unpaired) electrons. The molecule has 0 spiro atoms. The summed E-state index contributed by atoms with van der Waals surface area (Å²) in [5.41, 5.74) is 2.22. The van der Waals surface area contributed by atoms with Crippen molar-refractivity contribution in [1.82, 2.24) is 15.0 Å². The van der Waals surface area contributed by atoms with E-state index in [0.717, 1.165) is 5.39 Å². The number of nitrogens with one attached hydrogen (secondary N) is 2. The highest BCUT2D eigenvalue weighted by Gasteiger charge is 2.16. The first-order valence-corrected chi connectivity index (χ1v) is 9.82. The summed E-state index contributed by atoms with van der Waals surface area (Å²) in [7, 11) is -2.73. The summed E-state index contributed by atoms with van der Waals surface area (Å²) >= 11 is 6.00. The number of fused-ring (bicyclic) bond motifs is 3. The summed E-state index contributed by atoms with van der Waals surface area (Å²) in [6, 6.07) is 5.01. The highest BCUT2D eigenvalue weighted by atomic mass is 35.5. The Hall–Kier alpha value is -2.19. The maximum Gasteiger partial charge on any atom is 0.337 e. The molecule has 138 valence electrons. The average Bonchev–Trinajstić information content (AvgIpc) is 2.94. The molecule has 4 N–H and O–H groups in total. The number of anilines is 1. The van der Waals surface area contributed by atoms with Crippen molar-refractivity contribution in [2.24, 2.45) is 0 Å². The smallest absolute Gasteiger partial charge is 0.337 e. The number of hydrogen-bond acceptors (Lipinski definition) is 6. The molecule has 0 atom stereocenters. The van der Waals surface area contributed by atoms with Crippen LogP contribution in [0.2, 0.25) is 5.28 Å². The molecule has 0 bridgehead atoms. The Morgan fingerprint density at radius 3 is 2.85 bits per heavy atom. The monoisotopic (exact) mass is 398 g/mol. The number of esters is 1. The number of methoxy groups -OCH3 is 1. The van der Waals surface area contributed by atoms with Crippen LogP contribution < -0.4 is 5.32 Å². The summed E-state index contributed by atoms with van der Waals surface area (Å²) in [5, 5.41) is 3.80. The topological polar surface area (TPSA) is 137 Å². The number of nitrogens with zero attached hydrogens (tertiary/aromatic N) is 2. The summed E-state index contributed by atoms with van der Waals surface area (Å²) in [5.74, 6) is -0.0352. The van der Waals surface area contributed by atoms with Gasteiger partial charge in [0.25, 0.3) is 0 Å². The third kappa shape index (κ3) is 3.96. The molecule has 0 aliphatic heterocycles. The van der Waals surface area contributed by atoms with Gasteiger partial charge in [-0.25, -0.2) is 9.78 Å². The van der Waals surface area contributed by atoms with Crippen LogP contribution in [0.3, 0.4) is 0 Å². The molecule has 2 aromatic heterocycles. The van der Waals surface area contributed by atoms with E-state index in [1.165, 1.54) is 7.11 Å². The van der Waals surface area contributed by atoms with Crippen LogP contribution in [0.4, 0.5) is 5.82 Å². The standard InChI is InChI=1S/C15H16ClN4O5P/c1-25-14(21)8-3-4-9-10(7-8)18-12-11(9)19-15(16)20-13(12)17-5-2-6-26(22,23)24/h3-4,7,18H,2,5-6H2,1H3,(H,17,19,20)(H2,22,23,24). The second kappa shape index (κ2) is 7.20. The SMILES string of the molecule is COC(=O)c1ccc2c(c1)[nH]c1c(NCCCP(=O)(O)O)nc(Cl)nc12. The van der Waals surface area contributed by atoms with Gasteiger partial charge >= 0.3 is 13.6 Å². The van der Waals surface area contributed by atoms with Gasteiger partial charge in [0.2, 0.25) is 5.28 Å². The Morgan fingerprint density at radius 1 is 1.38 bits per heavy atom. The second-order valence-electron chi connectivity index (χ2n) is 5.61. The predicted molar refractivity (Wildman–Crippen MR) is 97.8 cm³/mol. The number of halogens is 1. The zero-order valence-corrected chi connectivity index (χ0v) is 15.3. The van der Waals surface area contributed by atoms with Crippen LogP contribution in [0.1, 0.15) is 16.8 Å². The largest absolute Gasteiger partial charge is 0.465 e. The van der Waals surface area contributed by atoms with Gasteiger partial charge < -0.3 is 24.8 Å². The lowest BCUT2D eigenvalue weighted by Gasteiger charge is -2.07. The normalized spacial score (nSPS) is 11.8. The Bertz CT molecular complexity index is 1030. The fourth-order valence-electron chi connectivity index (χ4n) is 2.60. The van der Waals surface area contributed by atoms with Gasteiger partial charge in [0.15, 0.2) is 5.82 Å². The molecule has 0 amide bonds. The van der Waals surface area contributed by atoms with E-state index in [1.807, 2.05) is 0 Å². The quantitative estimate of drug-likeness (QED) is 0.215. The lowest BCUT2D eigenvalue weighted by atomic mass is 10.1. The highest BCUT2D eigenvalue weighted by molar-refractivity contribution is 7.51. The van der Waals surface area contributed by atoms with E-state index in [-0.39, 0.29) is 17.9 Å². The molecular weight excluding hydrogens is 383 g/mol. The Labute approximate surface area is 152 Å². The van der Waals surface area contributed by atoms with Crippen LogP contribution in [-0.2, 0) is 9.30 Å². The number of rotatable bonds is 6. The van der Waals surface area contributed by atoms with Gasteiger partial charge in [-0.1, -0.05) is 0 Å². The van der Waals surface area contributed by atoms with Crippen LogP contribution in [0.25, 0.3) is 21.9 Å². The predicted octanol–water partition coefficient (Wildman–Crippen LogP) is 2.53. The van der Waals surface area contributed by atoms with Crippen LogP contribution >= 0.6 is 19.2 Å². The van der Waals surface area contributed by atoms with E-state index < -0.39 is 13.6 Å². The van der Waals surface area contributed by atoms with E-state index in [9.17, 15) is 9.36 Å². The van der Waals surface area contributed by atoms with E-state index in [4.69, 9.17) is 26.1 Å². The van der Waals surface area contributed by atoms with Crippen molar-refractivity contribution in [2.75, 3.05) is 25.1 Å². The van der Waals surface area contributed by atoms with Gasteiger partial charge in [0, 0.05) is 17.4 Å². The maximum absolute atomic E-state index is 11.7. The molecular formula is C15H16ClN4O5P. The van der Waals surface area contributed by atoms with E-state index in [1.54, 1.807) is 18.2 Å². The molecule has 0 fully saturated rings. The molecule has 26 heavy (non-hydrogen) atoms. The first-order chi connectivity index (χ1) is 12.3. The zero-order valence-electron chi connectivity index (χ0n) is 13.7. The number of benzene rings is 1. The van der Waals surface area contributed by atoms with E-state index in [2.05, 4.69) is 20.3 Å². The molecule has 0 aliphatic carbocycles. The third-order valence-electron chi connectivity index (χ3n) is 3.76. The van der Waals surface area contributed by atoms with Gasteiger partial charge in [0.05, 0.1) is 18.8 Å². The van der Waals surface area contributed by atoms with Crippen LogP contribution in [0.15, 0.2) is 18.2 Å². The fourth-order valence-corrected chi connectivity index (χ4v) is 3.34. The Morgan fingerprint density at radius 2 is 2.15 bits per heavy atom. The third-order valence-corrected chi connectivity index (χ3v) is 4.82. The van der Waals surface area contributed by atoms with Crippen molar-refractivity contribution in [3.8, 4) is 0 Å². The average molecular weight is 399 g/mol. The summed E-state index contributed by atoms with van der Waals surface area (Å²) in [4.78, 5) is 41.0. The van der Waals surface area contributed by atoms with Crippen molar-refractivity contribution in [3.63, 3.8) is 0 Å². The van der Waals surface area contributed by atoms with Gasteiger partial charge in [-0.05, 0) is 36.2 Å². The maximum atomic E-state index is 11.7. The van der Waals surface area contributed by atoms with Crippen molar-refractivity contribution < 1.29 is 23.9 Å². The molecule has 2 heterocycles. The number of carbonyl (C=O) groups excluding carboxylic acids is 1. The van der Waals surface area contributed by atoms with Gasteiger partial charge in [0.1, 0.15) is 11.0 Å². The molecule has 11 heteroatoms. The summed E-state index contributed by atoms with van der Waals surface area (Å²) < 4.78 is 15.6. The van der Waals surface area contributed by atoms with Crippen molar-refractivity contribution >= 4 is 52.9 Å². The zero-order chi connectivity index (χ0) is 18.9. The molecule has 9 nitrogen and oxygen atoms in total. The van der Waals surface area contributed by atoms with Crippen molar-refractivity contribution in [1.29, 1.82) is 0 Å². The summed E-state index contributed by atoms with van der Waals surface area (Å²) in [6.07, 6.45) is 0.0389. The van der Waals surface area contributed by atoms with Crippen LogP contribution in [0, 0.1) is 0 Å². The molecule has 0 aliphatic rings. The summed E-state index contributed by atoms with van der Waals surface area (Å²) in [6.45, 7) is 0.302. The Balaban J connectivity index is 1.96. The van der Waals surface area contributed by atoms with Crippen LogP contribution in [-0.4, -0.2) is 50.5 Å². The van der Waals surface area contributed by atoms with Crippen molar-refractivity contribution in [3.05, 3.63) is 29.0 Å². The number of ether oxygens (including phenoxy) is 1. The highest BCUT2D eigenvalue weighted by Crippen LogP contribution is 2.35. The number of hydrogen-bond donors (Lipinski definition) is 4. The molecule has 3 aromatic rings. The van der Waals surface area contributed by atoms with Gasteiger partial charge in [-0.3, -0.25) is 4.57 Å². The molecule has 0 saturated carbocycles. The minimum atomic E-state index is -4.04. The van der Waals surface area contributed by atoms with Crippen LogP contribution in [0.5, 0.6) is 0 Å². The molecule has 1 aromatic carbocycles. The molecule has 3 rings (SSSR count). The Kier molecular flexibility index (Phi) is 5.15. The lowest BCUT2D eigenvalue weighted by molar-refractivity contribution is 0.0601. The second-order valence-corrected chi connectivity index (χ2v) is 7.73. The minimum absolute atomic E-state index is 0.0351. The number of H-pyrrole nitrogens is 1. The van der Waals surface area contributed by atoms with Crippen molar-refractivity contribution in [2.45, 2.75) is 6.42 Å². The first kappa shape index (κ1) is 18.6. The van der Waals surface area contributed by atoms with Gasteiger partial charge in [-0.15, -0.1) is 0 Å². The van der Waals surface area contributed by atoms with E-state index >= 15 is 0 Å². The van der Waals surface area contributed by atoms with E-state index in [0.29, 0.717) is 34.5 Å².